The van der Waals surface area contributed by atoms with E-state index in [2.05, 4.69) is 55.5 Å². The van der Waals surface area contributed by atoms with Crippen molar-refractivity contribution in [2.24, 2.45) is 0 Å². The number of nitrogen functional groups attached to an aromatic ring is 1. The monoisotopic (exact) mass is 247 g/mol. The zero-order valence-electron chi connectivity index (χ0n) is 11.1. The fraction of sp³-hybridized carbons (Fsp3) is 0.111. The smallest absolute Gasteiger partial charge is 0.0432 e. The van der Waals surface area contributed by atoms with Crippen molar-refractivity contribution in [3.63, 3.8) is 0 Å². The van der Waals surface area contributed by atoms with Gasteiger partial charge in [-0.25, -0.2) is 0 Å². The second-order valence-corrected chi connectivity index (χ2v) is 4.76. The first kappa shape index (κ1) is 11.8. The van der Waals surface area contributed by atoms with Crippen LogP contribution in [0.4, 0.5) is 5.69 Å². The Kier molecular flexibility index (Phi) is 2.96. The molecule has 0 unspecified atom stereocenters. The van der Waals surface area contributed by atoms with Crippen molar-refractivity contribution in [3.05, 3.63) is 66.2 Å². The van der Waals surface area contributed by atoms with Crippen LogP contribution in [0.15, 0.2) is 60.7 Å². The number of nitrogens with two attached hydrogens (primary N) is 1. The molecule has 0 saturated carbocycles. The van der Waals surface area contributed by atoms with Crippen LogP contribution in [0.1, 0.15) is 12.5 Å². The van der Waals surface area contributed by atoms with Crippen LogP contribution in [0.5, 0.6) is 0 Å². The van der Waals surface area contributed by atoms with Crippen LogP contribution < -0.4 is 5.73 Å². The summed E-state index contributed by atoms with van der Waals surface area (Å²) in [5.74, 6) is 0. The van der Waals surface area contributed by atoms with Crippen molar-refractivity contribution in [3.8, 4) is 11.1 Å². The van der Waals surface area contributed by atoms with Crippen LogP contribution in [0.2, 0.25) is 0 Å². The van der Waals surface area contributed by atoms with E-state index in [1.165, 1.54) is 22.1 Å². The van der Waals surface area contributed by atoms with Gasteiger partial charge in [-0.15, -0.1) is 0 Å². The Morgan fingerprint density at radius 1 is 0.895 bits per heavy atom. The average molecular weight is 247 g/mol. The molecule has 3 aromatic carbocycles. The van der Waals surface area contributed by atoms with Crippen molar-refractivity contribution < 1.29 is 0 Å². The van der Waals surface area contributed by atoms with Crippen molar-refractivity contribution in [2.75, 3.05) is 5.73 Å². The molecule has 0 aliphatic carbocycles. The highest BCUT2D eigenvalue weighted by molar-refractivity contribution is 5.99. The van der Waals surface area contributed by atoms with Crippen molar-refractivity contribution >= 4 is 16.5 Å². The maximum Gasteiger partial charge on any atom is 0.0432 e. The molecule has 0 heterocycles. The second-order valence-electron chi connectivity index (χ2n) is 4.76. The molecule has 0 fully saturated rings. The van der Waals surface area contributed by atoms with E-state index >= 15 is 0 Å². The molecule has 0 bridgehead atoms. The zero-order valence-corrected chi connectivity index (χ0v) is 11.1. The van der Waals surface area contributed by atoms with E-state index in [1.54, 1.807) is 0 Å². The molecule has 0 aliphatic rings. The summed E-state index contributed by atoms with van der Waals surface area (Å²) in [5, 5.41) is 2.36. The zero-order chi connectivity index (χ0) is 13.2. The van der Waals surface area contributed by atoms with Gasteiger partial charge in [-0.05, 0) is 34.6 Å². The lowest BCUT2D eigenvalue weighted by molar-refractivity contribution is 1.15. The van der Waals surface area contributed by atoms with E-state index in [4.69, 9.17) is 5.73 Å². The highest BCUT2D eigenvalue weighted by Crippen LogP contribution is 2.34. The molecule has 0 aliphatic heterocycles. The largest absolute Gasteiger partial charge is 0.398 e. The molecule has 0 atom stereocenters. The van der Waals surface area contributed by atoms with Gasteiger partial charge in [-0.3, -0.25) is 0 Å². The number of rotatable bonds is 2. The van der Waals surface area contributed by atoms with Crippen molar-refractivity contribution in [1.82, 2.24) is 0 Å². The van der Waals surface area contributed by atoms with E-state index in [0.29, 0.717) is 0 Å². The normalized spacial score (nSPS) is 10.8. The summed E-state index contributed by atoms with van der Waals surface area (Å²) >= 11 is 0. The minimum Gasteiger partial charge on any atom is -0.398 e. The molecule has 0 radical (unpaired) electrons. The first-order valence-electron chi connectivity index (χ1n) is 6.66. The van der Waals surface area contributed by atoms with E-state index in [1.807, 2.05) is 12.1 Å². The Morgan fingerprint density at radius 3 is 2.32 bits per heavy atom. The fourth-order valence-corrected chi connectivity index (χ4v) is 2.67. The minimum atomic E-state index is 0.916. The molecule has 0 amide bonds. The van der Waals surface area contributed by atoms with Crippen LogP contribution in [-0.4, -0.2) is 0 Å². The summed E-state index contributed by atoms with van der Waals surface area (Å²) in [5.41, 5.74) is 11.0. The SMILES string of the molecule is CCc1c(-c2ccccc2)cc2ccccc2c1N. The predicted molar refractivity (Wildman–Crippen MR) is 83.2 cm³/mol. The van der Waals surface area contributed by atoms with Gasteiger partial charge in [0.1, 0.15) is 0 Å². The molecular formula is C18H17N. The Hall–Kier alpha value is -2.28. The molecular weight excluding hydrogens is 230 g/mol. The molecule has 0 spiro atoms. The summed E-state index contributed by atoms with van der Waals surface area (Å²) in [6.07, 6.45) is 0.945. The Morgan fingerprint density at radius 2 is 1.58 bits per heavy atom. The summed E-state index contributed by atoms with van der Waals surface area (Å²) in [6, 6.07) is 21.0. The van der Waals surface area contributed by atoms with E-state index in [9.17, 15) is 0 Å². The number of fused-ring (bicyclic) bond motifs is 1. The predicted octanol–water partition coefficient (Wildman–Crippen LogP) is 4.65. The van der Waals surface area contributed by atoms with Gasteiger partial charge in [0, 0.05) is 11.1 Å². The summed E-state index contributed by atoms with van der Waals surface area (Å²) in [7, 11) is 0. The van der Waals surface area contributed by atoms with Gasteiger partial charge >= 0.3 is 0 Å². The summed E-state index contributed by atoms with van der Waals surface area (Å²) in [4.78, 5) is 0. The van der Waals surface area contributed by atoms with Gasteiger partial charge < -0.3 is 5.73 Å². The standard InChI is InChI=1S/C18H17N/c1-2-15-17(13-8-4-3-5-9-13)12-14-10-6-7-11-16(14)18(15)19/h3-12H,2,19H2,1H3. The third kappa shape index (κ3) is 1.97. The maximum absolute atomic E-state index is 6.37. The van der Waals surface area contributed by atoms with Gasteiger partial charge in [0.05, 0.1) is 0 Å². The molecule has 1 heteroatoms. The molecule has 0 saturated heterocycles. The maximum atomic E-state index is 6.37. The lowest BCUT2D eigenvalue weighted by Gasteiger charge is -2.14. The van der Waals surface area contributed by atoms with Crippen LogP contribution in [0.25, 0.3) is 21.9 Å². The van der Waals surface area contributed by atoms with Gasteiger partial charge in [-0.1, -0.05) is 61.5 Å². The van der Waals surface area contributed by atoms with Crippen LogP contribution >= 0.6 is 0 Å². The first-order valence-corrected chi connectivity index (χ1v) is 6.66. The van der Waals surface area contributed by atoms with Crippen LogP contribution in [0.3, 0.4) is 0 Å². The summed E-state index contributed by atoms with van der Waals surface area (Å²) < 4.78 is 0. The number of hydrogen-bond donors (Lipinski definition) is 1. The third-order valence-electron chi connectivity index (χ3n) is 3.64. The molecule has 1 nitrogen and oxygen atoms in total. The van der Waals surface area contributed by atoms with Crippen molar-refractivity contribution in [1.29, 1.82) is 0 Å². The van der Waals surface area contributed by atoms with Gasteiger partial charge in [0.2, 0.25) is 0 Å². The molecule has 94 valence electrons. The lowest BCUT2D eigenvalue weighted by atomic mass is 9.92. The van der Waals surface area contributed by atoms with Gasteiger partial charge in [-0.2, -0.15) is 0 Å². The fourth-order valence-electron chi connectivity index (χ4n) is 2.67. The van der Waals surface area contributed by atoms with Crippen molar-refractivity contribution in [2.45, 2.75) is 13.3 Å². The molecule has 3 aromatic rings. The van der Waals surface area contributed by atoms with Crippen LogP contribution in [0, 0.1) is 0 Å². The number of hydrogen-bond acceptors (Lipinski definition) is 1. The molecule has 0 aromatic heterocycles. The Balaban J connectivity index is 2.36. The van der Waals surface area contributed by atoms with E-state index in [-0.39, 0.29) is 0 Å². The molecule has 3 rings (SSSR count). The average Bonchev–Trinajstić information content (AvgIpc) is 2.48. The quantitative estimate of drug-likeness (QED) is 0.655. The number of anilines is 1. The molecule has 2 N–H and O–H groups in total. The Labute approximate surface area is 113 Å². The highest BCUT2D eigenvalue weighted by atomic mass is 14.6. The third-order valence-corrected chi connectivity index (χ3v) is 3.64. The number of benzene rings is 3. The highest BCUT2D eigenvalue weighted by Gasteiger charge is 2.10. The first-order chi connectivity index (χ1) is 9.31. The topological polar surface area (TPSA) is 26.0 Å². The van der Waals surface area contributed by atoms with Gasteiger partial charge in [0.15, 0.2) is 0 Å². The van der Waals surface area contributed by atoms with E-state index in [0.717, 1.165) is 17.5 Å². The minimum absolute atomic E-state index is 0.916. The van der Waals surface area contributed by atoms with Gasteiger partial charge in [0.25, 0.3) is 0 Å². The van der Waals surface area contributed by atoms with E-state index < -0.39 is 0 Å². The molecule has 19 heavy (non-hydrogen) atoms. The summed E-state index contributed by atoms with van der Waals surface area (Å²) in [6.45, 7) is 2.16. The Bertz CT molecular complexity index is 714. The van der Waals surface area contributed by atoms with Crippen LogP contribution in [-0.2, 0) is 6.42 Å². The lowest BCUT2D eigenvalue weighted by Crippen LogP contribution is -1.97. The second kappa shape index (κ2) is 4.77.